The Bertz CT molecular complexity index is 315. The number of benzene rings is 1. The van der Waals surface area contributed by atoms with Gasteiger partial charge in [0.25, 0.3) is 0 Å². The second-order valence-corrected chi connectivity index (χ2v) is 4.56. The van der Waals surface area contributed by atoms with Gasteiger partial charge in [-0.25, -0.2) is 0 Å². The van der Waals surface area contributed by atoms with Crippen molar-refractivity contribution in [1.29, 1.82) is 0 Å². The van der Waals surface area contributed by atoms with Crippen LogP contribution in [0.5, 0.6) is 0 Å². The van der Waals surface area contributed by atoms with E-state index in [4.69, 9.17) is 19.3 Å². The van der Waals surface area contributed by atoms with Gasteiger partial charge in [0.2, 0.25) is 0 Å². The molecule has 0 heterocycles. The number of hydrogen-bond acceptors (Lipinski definition) is 4. The van der Waals surface area contributed by atoms with Gasteiger partial charge in [-0.1, -0.05) is 30.3 Å². The summed E-state index contributed by atoms with van der Waals surface area (Å²) in [6.07, 6.45) is 1.57. The molecule has 1 aromatic rings. The van der Waals surface area contributed by atoms with Gasteiger partial charge in [0.15, 0.2) is 0 Å². The first kappa shape index (κ1) is 16.1. The Labute approximate surface area is 115 Å². The number of ether oxygens (including phenoxy) is 3. The number of aliphatic hydroxyl groups excluding tert-OH is 1. The van der Waals surface area contributed by atoms with Gasteiger partial charge in [-0.15, -0.1) is 0 Å². The second kappa shape index (κ2) is 9.92. The summed E-state index contributed by atoms with van der Waals surface area (Å²) in [4.78, 5) is 0. The van der Waals surface area contributed by atoms with Crippen LogP contribution in [0.1, 0.15) is 25.3 Å². The van der Waals surface area contributed by atoms with Gasteiger partial charge in [0.05, 0.1) is 25.4 Å². The van der Waals surface area contributed by atoms with Crippen LogP contribution in [0.15, 0.2) is 30.3 Å². The first-order valence-electron chi connectivity index (χ1n) is 6.63. The minimum Gasteiger partial charge on any atom is -0.394 e. The molecule has 0 aliphatic rings. The molecule has 0 saturated heterocycles. The lowest BCUT2D eigenvalue weighted by atomic mass is 10.1. The van der Waals surface area contributed by atoms with E-state index in [2.05, 4.69) is 0 Å². The average molecular weight is 268 g/mol. The quantitative estimate of drug-likeness (QED) is 0.662. The van der Waals surface area contributed by atoms with Crippen LogP contribution in [0.3, 0.4) is 0 Å². The fourth-order valence-electron chi connectivity index (χ4n) is 1.71. The van der Waals surface area contributed by atoms with Crippen LogP contribution < -0.4 is 0 Å². The molecule has 0 radical (unpaired) electrons. The molecule has 0 bridgehead atoms. The van der Waals surface area contributed by atoms with E-state index in [0.29, 0.717) is 6.61 Å². The van der Waals surface area contributed by atoms with E-state index in [1.807, 2.05) is 37.3 Å². The van der Waals surface area contributed by atoms with E-state index < -0.39 is 0 Å². The lowest BCUT2D eigenvalue weighted by molar-refractivity contribution is -0.0934. The fourth-order valence-corrected chi connectivity index (χ4v) is 1.71. The molecular formula is C15H24O4. The summed E-state index contributed by atoms with van der Waals surface area (Å²) < 4.78 is 15.9. The number of aliphatic hydroxyl groups is 1. The smallest absolute Gasteiger partial charge is 0.146 e. The van der Waals surface area contributed by atoms with Gasteiger partial charge in [-0.3, -0.25) is 0 Å². The molecule has 0 spiro atoms. The zero-order valence-corrected chi connectivity index (χ0v) is 11.7. The predicted octanol–water partition coefficient (Wildman–Crippen LogP) is 2.35. The van der Waals surface area contributed by atoms with Gasteiger partial charge in [0.1, 0.15) is 6.79 Å². The Balaban J connectivity index is 2.18. The van der Waals surface area contributed by atoms with Crippen LogP contribution >= 0.6 is 0 Å². The minimum absolute atomic E-state index is 0.00870. The van der Waals surface area contributed by atoms with E-state index >= 15 is 0 Å². The number of rotatable bonds is 10. The topological polar surface area (TPSA) is 47.9 Å². The maximum absolute atomic E-state index is 9.15. The van der Waals surface area contributed by atoms with Crippen molar-refractivity contribution in [3.8, 4) is 0 Å². The molecule has 1 N–H and O–H groups in total. The highest BCUT2D eigenvalue weighted by Crippen LogP contribution is 2.10. The molecule has 0 fully saturated rings. The van der Waals surface area contributed by atoms with Gasteiger partial charge in [-0.2, -0.15) is 0 Å². The van der Waals surface area contributed by atoms with Gasteiger partial charge in [-0.05, 0) is 25.3 Å². The molecule has 1 aromatic carbocycles. The van der Waals surface area contributed by atoms with Crippen molar-refractivity contribution in [2.75, 3.05) is 20.5 Å². The first-order valence-corrected chi connectivity index (χ1v) is 6.63. The molecule has 1 rings (SSSR count). The van der Waals surface area contributed by atoms with Gasteiger partial charge >= 0.3 is 0 Å². The van der Waals surface area contributed by atoms with Crippen LogP contribution in [-0.4, -0.2) is 37.8 Å². The third-order valence-corrected chi connectivity index (χ3v) is 2.90. The van der Waals surface area contributed by atoms with E-state index in [1.54, 1.807) is 7.11 Å². The van der Waals surface area contributed by atoms with Crippen LogP contribution in [0.25, 0.3) is 0 Å². The largest absolute Gasteiger partial charge is 0.394 e. The highest BCUT2D eigenvalue weighted by molar-refractivity contribution is 5.13. The molecule has 108 valence electrons. The predicted molar refractivity (Wildman–Crippen MR) is 73.8 cm³/mol. The van der Waals surface area contributed by atoms with Crippen molar-refractivity contribution < 1.29 is 19.3 Å². The summed E-state index contributed by atoms with van der Waals surface area (Å²) in [5.74, 6) is 0. The molecule has 19 heavy (non-hydrogen) atoms. The zero-order chi connectivity index (χ0) is 13.9. The molecular weight excluding hydrogens is 244 g/mol. The second-order valence-electron chi connectivity index (χ2n) is 4.56. The Hall–Kier alpha value is -0.940. The molecule has 2 atom stereocenters. The standard InChI is InChI=1S/C15H24O4/c1-13(8-9-15(10-16)19-12-17-2)18-11-14-6-4-3-5-7-14/h3-7,13,15-16H,8-12H2,1-2H3/t13-,15-/m1/s1. The van der Waals surface area contributed by atoms with Crippen molar-refractivity contribution in [2.45, 2.75) is 38.6 Å². The van der Waals surface area contributed by atoms with Crippen LogP contribution in [-0.2, 0) is 20.8 Å². The normalized spacial score (nSPS) is 14.3. The summed E-state index contributed by atoms with van der Waals surface area (Å²) in [5.41, 5.74) is 1.17. The highest BCUT2D eigenvalue weighted by Gasteiger charge is 2.11. The Morgan fingerprint density at radius 3 is 2.47 bits per heavy atom. The Morgan fingerprint density at radius 2 is 1.84 bits per heavy atom. The summed E-state index contributed by atoms with van der Waals surface area (Å²) in [5, 5.41) is 9.15. The highest BCUT2D eigenvalue weighted by atomic mass is 16.7. The van der Waals surface area contributed by atoms with E-state index in [-0.39, 0.29) is 25.6 Å². The monoisotopic (exact) mass is 268 g/mol. The lowest BCUT2D eigenvalue weighted by Gasteiger charge is -2.18. The third kappa shape index (κ3) is 7.28. The Kier molecular flexibility index (Phi) is 8.41. The summed E-state index contributed by atoms with van der Waals surface area (Å²) >= 11 is 0. The molecule has 0 unspecified atom stereocenters. The fraction of sp³-hybridized carbons (Fsp3) is 0.600. The summed E-state index contributed by atoms with van der Waals surface area (Å²) in [7, 11) is 1.57. The van der Waals surface area contributed by atoms with Crippen molar-refractivity contribution in [3.05, 3.63) is 35.9 Å². The van der Waals surface area contributed by atoms with Gasteiger partial charge < -0.3 is 19.3 Å². The van der Waals surface area contributed by atoms with E-state index in [1.165, 1.54) is 5.56 Å². The van der Waals surface area contributed by atoms with Crippen molar-refractivity contribution in [3.63, 3.8) is 0 Å². The number of methoxy groups -OCH3 is 1. The summed E-state index contributed by atoms with van der Waals surface area (Å²) in [6.45, 7) is 2.87. The van der Waals surface area contributed by atoms with E-state index in [9.17, 15) is 0 Å². The third-order valence-electron chi connectivity index (χ3n) is 2.90. The van der Waals surface area contributed by atoms with Crippen molar-refractivity contribution in [1.82, 2.24) is 0 Å². The van der Waals surface area contributed by atoms with E-state index in [0.717, 1.165) is 12.8 Å². The molecule has 0 aromatic heterocycles. The molecule has 0 aliphatic heterocycles. The minimum atomic E-state index is -0.178. The SMILES string of the molecule is COCO[C@@H](CO)CC[C@@H](C)OCc1ccccc1. The molecule has 4 nitrogen and oxygen atoms in total. The molecule has 4 heteroatoms. The zero-order valence-electron chi connectivity index (χ0n) is 11.7. The van der Waals surface area contributed by atoms with Gasteiger partial charge in [0, 0.05) is 7.11 Å². The van der Waals surface area contributed by atoms with Crippen LogP contribution in [0.4, 0.5) is 0 Å². The Morgan fingerprint density at radius 1 is 1.11 bits per heavy atom. The average Bonchev–Trinajstić information content (AvgIpc) is 2.46. The van der Waals surface area contributed by atoms with Crippen molar-refractivity contribution in [2.24, 2.45) is 0 Å². The molecule has 0 amide bonds. The van der Waals surface area contributed by atoms with Crippen molar-refractivity contribution >= 4 is 0 Å². The summed E-state index contributed by atoms with van der Waals surface area (Å²) in [6, 6.07) is 10.1. The maximum atomic E-state index is 9.15. The maximum Gasteiger partial charge on any atom is 0.146 e. The first-order chi connectivity index (χ1) is 9.26. The molecule has 0 aliphatic carbocycles. The number of hydrogen-bond donors (Lipinski definition) is 1. The molecule has 0 saturated carbocycles. The van der Waals surface area contributed by atoms with Crippen LogP contribution in [0, 0.1) is 0 Å². The lowest BCUT2D eigenvalue weighted by Crippen LogP contribution is -2.21. The van der Waals surface area contributed by atoms with Crippen LogP contribution in [0.2, 0.25) is 0 Å².